The van der Waals surface area contributed by atoms with Gasteiger partial charge in [-0.2, -0.15) is 0 Å². The number of hydrogen-bond donors (Lipinski definition) is 0. The standard InChI is InChI=1S/C8H13NS/c1-6-10-7(9-5)8(2,3)4/h1H,2-5H3/b9-7-. The van der Waals surface area contributed by atoms with Crippen LogP contribution in [0, 0.1) is 17.1 Å². The van der Waals surface area contributed by atoms with Gasteiger partial charge in [-0.15, -0.1) is 6.42 Å². The molecule has 0 saturated heterocycles. The van der Waals surface area contributed by atoms with E-state index in [1.54, 1.807) is 7.05 Å². The molecule has 0 amide bonds. The monoisotopic (exact) mass is 155 g/mol. The highest BCUT2D eigenvalue weighted by Gasteiger charge is 2.17. The van der Waals surface area contributed by atoms with Crippen LogP contribution in [-0.2, 0) is 0 Å². The van der Waals surface area contributed by atoms with Crippen molar-refractivity contribution in [2.24, 2.45) is 10.4 Å². The molecule has 0 aliphatic carbocycles. The van der Waals surface area contributed by atoms with E-state index in [0.717, 1.165) is 5.04 Å². The molecular weight excluding hydrogens is 142 g/mol. The summed E-state index contributed by atoms with van der Waals surface area (Å²) in [7, 11) is 1.77. The summed E-state index contributed by atoms with van der Waals surface area (Å²) in [5.74, 6) is 0. The molecule has 0 aromatic carbocycles. The maximum atomic E-state index is 5.13. The molecule has 0 rings (SSSR count). The van der Waals surface area contributed by atoms with Gasteiger partial charge in [-0.3, -0.25) is 4.99 Å². The van der Waals surface area contributed by atoms with Crippen molar-refractivity contribution in [3.63, 3.8) is 0 Å². The van der Waals surface area contributed by atoms with Gasteiger partial charge in [0.05, 0.1) is 5.04 Å². The highest BCUT2D eigenvalue weighted by molar-refractivity contribution is 8.18. The quantitative estimate of drug-likeness (QED) is 0.297. The third kappa shape index (κ3) is 2.93. The third-order valence-corrected chi connectivity index (χ3v) is 2.11. The lowest BCUT2D eigenvalue weighted by Gasteiger charge is -2.17. The van der Waals surface area contributed by atoms with Crippen LogP contribution >= 0.6 is 11.8 Å². The molecule has 0 atom stereocenters. The summed E-state index contributed by atoms with van der Waals surface area (Å²) in [6, 6.07) is 0. The van der Waals surface area contributed by atoms with E-state index in [1.165, 1.54) is 11.8 Å². The van der Waals surface area contributed by atoms with Crippen LogP contribution in [0.4, 0.5) is 0 Å². The Hall–Kier alpha value is -0.420. The summed E-state index contributed by atoms with van der Waals surface area (Å²) in [5, 5.41) is 3.52. The zero-order chi connectivity index (χ0) is 8.20. The average Bonchev–Trinajstić information content (AvgIpc) is 1.80. The van der Waals surface area contributed by atoms with Gasteiger partial charge in [0.2, 0.25) is 0 Å². The Morgan fingerprint density at radius 3 is 2.10 bits per heavy atom. The van der Waals surface area contributed by atoms with E-state index in [-0.39, 0.29) is 5.41 Å². The Balaban J connectivity index is 4.28. The highest BCUT2D eigenvalue weighted by atomic mass is 32.2. The second kappa shape index (κ2) is 3.68. The molecule has 0 saturated carbocycles. The van der Waals surface area contributed by atoms with Crippen LogP contribution in [0.1, 0.15) is 20.8 Å². The van der Waals surface area contributed by atoms with Gasteiger partial charge in [-0.1, -0.05) is 20.8 Å². The lowest BCUT2D eigenvalue weighted by atomic mass is 9.99. The van der Waals surface area contributed by atoms with Crippen molar-refractivity contribution >= 4 is 16.8 Å². The normalized spacial score (nSPS) is 12.9. The lowest BCUT2D eigenvalue weighted by Crippen LogP contribution is -2.16. The fourth-order valence-corrected chi connectivity index (χ4v) is 1.10. The van der Waals surface area contributed by atoms with Crippen molar-refractivity contribution < 1.29 is 0 Å². The van der Waals surface area contributed by atoms with Crippen molar-refractivity contribution in [2.45, 2.75) is 20.8 Å². The number of thioether (sulfide) groups is 1. The van der Waals surface area contributed by atoms with Crippen molar-refractivity contribution in [3.05, 3.63) is 0 Å². The molecule has 2 heteroatoms. The Labute approximate surface area is 67.3 Å². The summed E-state index contributed by atoms with van der Waals surface area (Å²) >= 11 is 1.36. The molecule has 0 heterocycles. The summed E-state index contributed by atoms with van der Waals surface area (Å²) < 4.78 is 0. The van der Waals surface area contributed by atoms with E-state index in [9.17, 15) is 0 Å². The molecule has 56 valence electrons. The molecule has 0 unspecified atom stereocenters. The Bertz CT molecular complexity index is 169. The topological polar surface area (TPSA) is 12.4 Å². The Morgan fingerprint density at radius 1 is 1.50 bits per heavy atom. The predicted molar refractivity (Wildman–Crippen MR) is 49.2 cm³/mol. The highest BCUT2D eigenvalue weighted by Crippen LogP contribution is 2.23. The number of terminal acetylenes is 1. The number of nitrogens with zero attached hydrogens (tertiary/aromatic N) is 1. The first-order valence-electron chi connectivity index (χ1n) is 3.12. The van der Waals surface area contributed by atoms with Crippen LogP contribution in [0.25, 0.3) is 0 Å². The van der Waals surface area contributed by atoms with E-state index in [2.05, 4.69) is 31.0 Å². The molecule has 0 fully saturated rings. The van der Waals surface area contributed by atoms with Gasteiger partial charge < -0.3 is 0 Å². The van der Waals surface area contributed by atoms with Gasteiger partial charge in [0.1, 0.15) is 0 Å². The molecule has 0 radical (unpaired) electrons. The van der Waals surface area contributed by atoms with E-state index in [0.29, 0.717) is 0 Å². The van der Waals surface area contributed by atoms with Gasteiger partial charge in [-0.05, 0) is 17.0 Å². The van der Waals surface area contributed by atoms with E-state index < -0.39 is 0 Å². The molecule has 10 heavy (non-hydrogen) atoms. The minimum absolute atomic E-state index is 0.0891. The third-order valence-electron chi connectivity index (χ3n) is 1.00. The second-order valence-electron chi connectivity index (χ2n) is 3.00. The SMILES string of the molecule is C#CS/C(=N\C)C(C)(C)C. The molecule has 0 N–H and O–H groups in total. The largest absolute Gasteiger partial charge is 0.285 e. The zero-order valence-electron chi connectivity index (χ0n) is 6.93. The molecule has 1 nitrogen and oxygen atoms in total. The molecule has 0 aromatic heterocycles. The summed E-state index contributed by atoms with van der Waals surface area (Å²) in [5.41, 5.74) is 0.0891. The second-order valence-corrected chi connectivity index (χ2v) is 3.83. The van der Waals surface area contributed by atoms with Crippen molar-refractivity contribution in [1.82, 2.24) is 0 Å². The van der Waals surface area contributed by atoms with Gasteiger partial charge in [-0.25, -0.2) is 0 Å². The summed E-state index contributed by atoms with van der Waals surface area (Å²) in [6.07, 6.45) is 5.13. The molecule has 0 bridgehead atoms. The Morgan fingerprint density at radius 2 is 2.00 bits per heavy atom. The van der Waals surface area contributed by atoms with Crippen molar-refractivity contribution in [2.75, 3.05) is 7.05 Å². The number of aliphatic imine (C=N–C) groups is 1. The van der Waals surface area contributed by atoms with Crippen LogP contribution < -0.4 is 0 Å². The fraction of sp³-hybridized carbons (Fsp3) is 0.625. The zero-order valence-corrected chi connectivity index (χ0v) is 7.75. The van der Waals surface area contributed by atoms with Crippen molar-refractivity contribution in [3.8, 4) is 11.7 Å². The van der Waals surface area contributed by atoms with Crippen LogP contribution in [0.15, 0.2) is 4.99 Å². The van der Waals surface area contributed by atoms with Crippen LogP contribution in [0.2, 0.25) is 0 Å². The Kier molecular flexibility index (Phi) is 3.52. The molecule has 0 aromatic rings. The van der Waals surface area contributed by atoms with Crippen molar-refractivity contribution in [1.29, 1.82) is 0 Å². The first-order valence-corrected chi connectivity index (χ1v) is 3.93. The molecular formula is C8H13NS. The number of rotatable bonds is 0. The first-order chi connectivity index (χ1) is 4.52. The van der Waals surface area contributed by atoms with Crippen LogP contribution in [-0.4, -0.2) is 12.1 Å². The summed E-state index contributed by atoms with van der Waals surface area (Å²) in [4.78, 5) is 4.09. The van der Waals surface area contributed by atoms with Gasteiger partial charge >= 0.3 is 0 Å². The molecule has 0 aliphatic heterocycles. The van der Waals surface area contributed by atoms with E-state index in [1.807, 2.05) is 0 Å². The summed E-state index contributed by atoms with van der Waals surface area (Å²) in [6.45, 7) is 6.29. The number of hydrogen-bond acceptors (Lipinski definition) is 2. The van der Waals surface area contributed by atoms with Gasteiger partial charge in [0.15, 0.2) is 0 Å². The maximum absolute atomic E-state index is 5.13. The van der Waals surface area contributed by atoms with Crippen LogP contribution in [0.5, 0.6) is 0 Å². The minimum Gasteiger partial charge on any atom is -0.285 e. The van der Waals surface area contributed by atoms with Gasteiger partial charge in [0, 0.05) is 12.5 Å². The average molecular weight is 155 g/mol. The van der Waals surface area contributed by atoms with E-state index >= 15 is 0 Å². The smallest absolute Gasteiger partial charge is 0.0852 e. The lowest BCUT2D eigenvalue weighted by molar-refractivity contribution is 0.601. The van der Waals surface area contributed by atoms with E-state index in [4.69, 9.17) is 6.42 Å². The molecule has 0 spiro atoms. The predicted octanol–water partition coefficient (Wildman–Crippen LogP) is 2.38. The first kappa shape index (κ1) is 9.58. The molecule has 0 aliphatic rings. The minimum atomic E-state index is 0.0891. The maximum Gasteiger partial charge on any atom is 0.0852 e. The van der Waals surface area contributed by atoms with Crippen LogP contribution in [0.3, 0.4) is 0 Å². The van der Waals surface area contributed by atoms with Gasteiger partial charge in [0.25, 0.3) is 0 Å². The fourth-order valence-electron chi connectivity index (χ4n) is 0.590.